The molecule has 1 saturated heterocycles. The van der Waals surface area contributed by atoms with Crippen LogP contribution in [0.3, 0.4) is 0 Å². The maximum Gasteiger partial charge on any atom is 0.229 e. The van der Waals surface area contributed by atoms with Gasteiger partial charge in [-0.05, 0) is 45.4 Å². The van der Waals surface area contributed by atoms with E-state index in [1.54, 1.807) is 11.3 Å². The molecule has 0 N–H and O–H groups in total. The summed E-state index contributed by atoms with van der Waals surface area (Å²) in [6.07, 6.45) is 4.37. The fourth-order valence-electron chi connectivity index (χ4n) is 4.55. The summed E-state index contributed by atoms with van der Waals surface area (Å²) in [6.45, 7) is 9.53. The van der Waals surface area contributed by atoms with Crippen molar-refractivity contribution in [3.8, 4) is 0 Å². The summed E-state index contributed by atoms with van der Waals surface area (Å²) in [5, 5.41) is 2.93. The molecule has 2 amide bonds. The van der Waals surface area contributed by atoms with Crippen molar-refractivity contribution in [3.05, 3.63) is 33.2 Å². The van der Waals surface area contributed by atoms with Crippen LogP contribution in [0.1, 0.15) is 73.4 Å². The van der Waals surface area contributed by atoms with Crippen molar-refractivity contribution in [2.24, 2.45) is 5.92 Å². The van der Waals surface area contributed by atoms with Gasteiger partial charge >= 0.3 is 0 Å². The molecule has 0 saturated carbocycles. The molecule has 0 aliphatic carbocycles. The number of anilines is 1. The third kappa shape index (κ3) is 4.63. The molecule has 8 heteroatoms. The lowest BCUT2D eigenvalue weighted by Crippen LogP contribution is -2.42. The number of aryl methyl sites for hydroxylation is 2. The van der Waals surface area contributed by atoms with E-state index in [-0.39, 0.29) is 17.9 Å². The molecule has 4 rings (SSSR count). The van der Waals surface area contributed by atoms with Gasteiger partial charge in [0.15, 0.2) is 5.82 Å². The van der Waals surface area contributed by atoms with E-state index in [0.717, 1.165) is 47.0 Å². The second-order valence-electron chi connectivity index (χ2n) is 9.00. The number of nitrogens with zero attached hydrogens (tertiary/aromatic N) is 5. The van der Waals surface area contributed by atoms with Crippen LogP contribution in [0.15, 0.2) is 5.38 Å². The number of thiazole rings is 1. The van der Waals surface area contributed by atoms with Gasteiger partial charge in [-0.2, -0.15) is 0 Å². The number of carbonyl (C=O) groups is 2. The minimum Gasteiger partial charge on any atom is -0.332 e. The topological polar surface area (TPSA) is 79.3 Å². The molecule has 0 aromatic carbocycles. The van der Waals surface area contributed by atoms with E-state index in [1.807, 2.05) is 29.0 Å². The van der Waals surface area contributed by atoms with Gasteiger partial charge in [0.1, 0.15) is 5.82 Å². The van der Waals surface area contributed by atoms with Gasteiger partial charge in [-0.3, -0.25) is 14.5 Å². The van der Waals surface area contributed by atoms with Crippen molar-refractivity contribution < 1.29 is 9.59 Å². The summed E-state index contributed by atoms with van der Waals surface area (Å²) in [6, 6.07) is -0.150. The predicted molar refractivity (Wildman–Crippen MR) is 121 cm³/mol. The molecule has 166 valence electrons. The second-order valence-corrected chi connectivity index (χ2v) is 10.1. The summed E-state index contributed by atoms with van der Waals surface area (Å²) in [4.78, 5) is 43.8. The van der Waals surface area contributed by atoms with E-state index in [9.17, 15) is 9.59 Å². The van der Waals surface area contributed by atoms with Crippen molar-refractivity contribution in [1.29, 1.82) is 0 Å². The number of carbonyl (C=O) groups excluding carboxylic acids is 2. The van der Waals surface area contributed by atoms with E-state index in [1.165, 1.54) is 0 Å². The van der Waals surface area contributed by atoms with Crippen LogP contribution in [-0.2, 0) is 22.4 Å². The van der Waals surface area contributed by atoms with Crippen LogP contribution in [0.2, 0.25) is 0 Å². The zero-order valence-electron chi connectivity index (χ0n) is 18.8. The van der Waals surface area contributed by atoms with Crippen molar-refractivity contribution >= 4 is 29.0 Å². The van der Waals surface area contributed by atoms with Crippen LogP contribution in [0, 0.1) is 19.8 Å². The molecule has 1 fully saturated rings. The molecule has 0 radical (unpaired) electrons. The van der Waals surface area contributed by atoms with Gasteiger partial charge < -0.3 is 4.90 Å². The van der Waals surface area contributed by atoms with Gasteiger partial charge in [0.05, 0.1) is 23.2 Å². The van der Waals surface area contributed by atoms with Crippen LogP contribution >= 0.6 is 11.3 Å². The lowest BCUT2D eigenvalue weighted by atomic mass is 9.98. The Balaban J connectivity index is 1.65. The first-order valence-electron chi connectivity index (χ1n) is 11.2. The Hall–Kier alpha value is -2.35. The zero-order chi connectivity index (χ0) is 22.1. The molecule has 2 aliphatic rings. The second kappa shape index (κ2) is 9.02. The number of likely N-dealkylation sites (tertiary alicyclic amines) is 1. The van der Waals surface area contributed by atoms with E-state index in [4.69, 9.17) is 9.97 Å². The van der Waals surface area contributed by atoms with Gasteiger partial charge in [-0.15, -0.1) is 11.3 Å². The van der Waals surface area contributed by atoms with Crippen molar-refractivity contribution in [1.82, 2.24) is 19.9 Å². The normalized spacial score (nSPS) is 19.1. The van der Waals surface area contributed by atoms with Crippen LogP contribution < -0.4 is 4.90 Å². The molecule has 1 atom stereocenters. The Kier molecular flexibility index (Phi) is 6.36. The number of piperidine rings is 1. The summed E-state index contributed by atoms with van der Waals surface area (Å²) in [5.74, 6) is 1.97. The Labute approximate surface area is 187 Å². The third-order valence-corrected chi connectivity index (χ3v) is 6.85. The Morgan fingerprint density at radius 2 is 2.00 bits per heavy atom. The highest BCUT2D eigenvalue weighted by Crippen LogP contribution is 2.34. The molecule has 0 unspecified atom stereocenters. The van der Waals surface area contributed by atoms with Gasteiger partial charge in [-0.25, -0.2) is 15.0 Å². The molecule has 4 heterocycles. The van der Waals surface area contributed by atoms with Crippen LogP contribution in [0.5, 0.6) is 0 Å². The number of rotatable bonds is 5. The number of amides is 2. The Bertz CT molecular complexity index is 986. The lowest BCUT2D eigenvalue weighted by molar-refractivity contribution is -0.134. The van der Waals surface area contributed by atoms with Gasteiger partial charge in [0.25, 0.3) is 0 Å². The molecule has 2 aromatic rings. The van der Waals surface area contributed by atoms with Crippen LogP contribution in [0.4, 0.5) is 5.82 Å². The molecule has 2 aliphatic heterocycles. The fourth-order valence-corrected chi connectivity index (χ4v) is 5.16. The molecular formula is C23H31N5O2S. The average Bonchev–Trinajstić information content (AvgIpc) is 3.14. The average molecular weight is 442 g/mol. The number of hydrogen-bond acceptors (Lipinski definition) is 6. The lowest BCUT2D eigenvalue weighted by Gasteiger charge is -2.36. The largest absolute Gasteiger partial charge is 0.332 e. The first-order valence-corrected chi connectivity index (χ1v) is 12.1. The molecule has 7 nitrogen and oxygen atoms in total. The molecule has 0 bridgehead atoms. The van der Waals surface area contributed by atoms with Crippen molar-refractivity contribution in [2.75, 3.05) is 18.0 Å². The fraction of sp³-hybridized carbons (Fsp3) is 0.609. The van der Waals surface area contributed by atoms with E-state index < -0.39 is 0 Å². The zero-order valence-corrected chi connectivity index (χ0v) is 19.7. The Morgan fingerprint density at radius 3 is 2.71 bits per heavy atom. The molecule has 31 heavy (non-hydrogen) atoms. The van der Waals surface area contributed by atoms with Crippen molar-refractivity contribution in [3.63, 3.8) is 0 Å². The highest BCUT2D eigenvalue weighted by Gasteiger charge is 2.34. The van der Waals surface area contributed by atoms with Gasteiger partial charge in [0.2, 0.25) is 11.8 Å². The third-order valence-electron chi connectivity index (χ3n) is 6.02. The van der Waals surface area contributed by atoms with E-state index >= 15 is 0 Å². The highest BCUT2D eigenvalue weighted by atomic mass is 32.1. The smallest absolute Gasteiger partial charge is 0.229 e. The minimum atomic E-state index is -0.150. The van der Waals surface area contributed by atoms with Crippen LogP contribution in [-0.4, -0.2) is 44.8 Å². The van der Waals surface area contributed by atoms with Gasteiger partial charge in [-0.1, -0.05) is 13.8 Å². The Morgan fingerprint density at radius 1 is 1.19 bits per heavy atom. The van der Waals surface area contributed by atoms with Crippen molar-refractivity contribution in [2.45, 2.75) is 72.3 Å². The molecule has 0 spiro atoms. The van der Waals surface area contributed by atoms with E-state index in [2.05, 4.69) is 18.8 Å². The maximum absolute atomic E-state index is 13.2. The first-order chi connectivity index (χ1) is 14.8. The van der Waals surface area contributed by atoms with Crippen LogP contribution in [0.25, 0.3) is 0 Å². The predicted octanol–water partition coefficient (Wildman–Crippen LogP) is 3.78. The van der Waals surface area contributed by atoms with E-state index in [0.29, 0.717) is 44.1 Å². The SMILES string of the molecule is Cc1nc(CC(=O)N2CCCC[C@H]2c2nc(C)c3c(n2)N(CC(C)C)C(=O)CC3)cs1. The number of aromatic nitrogens is 3. The summed E-state index contributed by atoms with van der Waals surface area (Å²) in [5.41, 5.74) is 2.82. The number of fused-ring (bicyclic) bond motifs is 1. The number of hydrogen-bond donors (Lipinski definition) is 0. The first kappa shape index (κ1) is 21.9. The minimum absolute atomic E-state index is 0.0732. The molecular weight excluding hydrogens is 410 g/mol. The monoisotopic (exact) mass is 441 g/mol. The standard InChI is InChI=1S/C23H31N5O2S/c1-14(2)12-28-20(29)9-8-18-15(3)24-22(26-23(18)28)19-7-5-6-10-27(19)21(30)11-17-13-31-16(4)25-17/h13-14,19H,5-12H2,1-4H3/t19-/m0/s1. The summed E-state index contributed by atoms with van der Waals surface area (Å²) >= 11 is 1.57. The van der Waals surface area contributed by atoms with Gasteiger partial charge in [0, 0.05) is 36.1 Å². The molecule has 2 aromatic heterocycles. The summed E-state index contributed by atoms with van der Waals surface area (Å²) < 4.78 is 0. The summed E-state index contributed by atoms with van der Waals surface area (Å²) in [7, 11) is 0. The highest BCUT2D eigenvalue weighted by molar-refractivity contribution is 7.09. The quantitative estimate of drug-likeness (QED) is 0.705. The maximum atomic E-state index is 13.2.